The Bertz CT molecular complexity index is 1020. The van der Waals surface area contributed by atoms with Gasteiger partial charge in [-0.25, -0.2) is 8.42 Å². The number of aryl methyl sites for hydroxylation is 3. The summed E-state index contributed by atoms with van der Waals surface area (Å²) in [5.41, 5.74) is 5.25. The molecule has 1 amide bonds. The number of carbonyl (C=O) groups is 1. The van der Waals surface area contributed by atoms with Gasteiger partial charge in [0.1, 0.15) is 0 Å². The molecule has 6 nitrogen and oxygen atoms in total. The lowest BCUT2D eigenvalue weighted by atomic mass is 10.0. The van der Waals surface area contributed by atoms with Gasteiger partial charge in [0, 0.05) is 31.9 Å². The fourth-order valence-corrected chi connectivity index (χ4v) is 5.48. The van der Waals surface area contributed by atoms with Crippen molar-refractivity contribution in [1.29, 1.82) is 0 Å². The minimum atomic E-state index is -3.51. The van der Waals surface area contributed by atoms with E-state index in [9.17, 15) is 13.2 Å². The first kappa shape index (κ1) is 23.4. The lowest BCUT2D eigenvalue weighted by Crippen LogP contribution is -2.50. The highest BCUT2D eigenvalue weighted by atomic mass is 32.2. The number of nitrogens with zero attached hydrogens (tertiary/aromatic N) is 2. The molecule has 0 bridgehead atoms. The maximum atomic E-state index is 13.0. The molecule has 0 radical (unpaired) electrons. The highest BCUT2D eigenvalue weighted by molar-refractivity contribution is 7.89. The molecule has 0 aliphatic carbocycles. The number of anilines is 1. The zero-order valence-corrected chi connectivity index (χ0v) is 19.9. The number of carbonyl (C=O) groups excluding carboxylic acids is 1. The number of amides is 1. The van der Waals surface area contributed by atoms with Gasteiger partial charge < -0.3 is 5.32 Å². The predicted octanol–water partition coefficient (Wildman–Crippen LogP) is 3.68. The topological polar surface area (TPSA) is 69.7 Å². The van der Waals surface area contributed by atoms with Crippen LogP contribution in [0.15, 0.2) is 41.3 Å². The Morgan fingerprint density at radius 3 is 2.03 bits per heavy atom. The first-order valence-corrected chi connectivity index (χ1v) is 12.2. The third-order valence-corrected chi connectivity index (χ3v) is 7.74. The molecule has 0 atom stereocenters. The summed E-state index contributed by atoms with van der Waals surface area (Å²) in [6.07, 6.45) is 0. The van der Waals surface area contributed by atoms with Crippen LogP contribution in [0.3, 0.4) is 0 Å². The summed E-state index contributed by atoms with van der Waals surface area (Å²) >= 11 is 0. The van der Waals surface area contributed by atoms with Crippen LogP contribution in [-0.4, -0.2) is 56.3 Å². The van der Waals surface area contributed by atoms with Gasteiger partial charge >= 0.3 is 0 Å². The largest absolute Gasteiger partial charge is 0.324 e. The zero-order valence-electron chi connectivity index (χ0n) is 19.1. The highest BCUT2D eigenvalue weighted by Gasteiger charge is 2.29. The Kier molecular flexibility index (Phi) is 7.19. The van der Waals surface area contributed by atoms with Crippen LogP contribution in [0.25, 0.3) is 0 Å². The van der Waals surface area contributed by atoms with E-state index in [4.69, 9.17) is 0 Å². The molecule has 1 N–H and O–H groups in total. The van der Waals surface area contributed by atoms with Gasteiger partial charge in [0.05, 0.1) is 11.4 Å². The summed E-state index contributed by atoms with van der Waals surface area (Å²) in [5.74, 6) is 0.287. The minimum absolute atomic E-state index is 0.0735. The second kappa shape index (κ2) is 9.51. The van der Waals surface area contributed by atoms with Crippen molar-refractivity contribution in [1.82, 2.24) is 9.21 Å². The van der Waals surface area contributed by atoms with E-state index in [0.717, 1.165) is 22.4 Å². The molecule has 2 aromatic rings. The number of sulfonamides is 1. The Morgan fingerprint density at radius 1 is 0.968 bits per heavy atom. The molecule has 0 unspecified atom stereocenters. The number of nitrogens with one attached hydrogen (secondary N) is 1. The Labute approximate surface area is 186 Å². The lowest BCUT2D eigenvalue weighted by molar-refractivity contribution is -0.117. The third kappa shape index (κ3) is 5.53. The molecule has 31 heavy (non-hydrogen) atoms. The van der Waals surface area contributed by atoms with E-state index in [2.05, 4.69) is 31.3 Å². The standard InChI is InChI=1S/C24H33N3O3S/c1-17(2)21-6-8-22(9-7-21)31(29,30)27-12-10-26(11-13-27)16-23(28)25-24-19(4)14-18(3)15-20(24)5/h6-9,14-15,17H,10-13,16H2,1-5H3,(H,25,28). The summed E-state index contributed by atoms with van der Waals surface area (Å²) < 4.78 is 27.5. The second-order valence-electron chi connectivity index (χ2n) is 8.73. The quantitative estimate of drug-likeness (QED) is 0.739. The first-order valence-electron chi connectivity index (χ1n) is 10.8. The average Bonchev–Trinajstić information content (AvgIpc) is 2.71. The number of benzene rings is 2. The number of hydrogen-bond acceptors (Lipinski definition) is 4. The predicted molar refractivity (Wildman–Crippen MR) is 125 cm³/mol. The van der Waals surface area contributed by atoms with Gasteiger partial charge in [-0.2, -0.15) is 4.31 Å². The SMILES string of the molecule is Cc1cc(C)c(NC(=O)CN2CCN(S(=O)(=O)c3ccc(C(C)C)cc3)CC2)c(C)c1. The van der Waals surface area contributed by atoms with Crippen molar-refractivity contribution in [3.63, 3.8) is 0 Å². The monoisotopic (exact) mass is 443 g/mol. The van der Waals surface area contributed by atoms with Gasteiger partial charge in [-0.3, -0.25) is 9.69 Å². The maximum absolute atomic E-state index is 13.0. The van der Waals surface area contributed by atoms with E-state index in [1.165, 1.54) is 9.87 Å². The summed E-state index contributed by atoms with van der Waals surface area (Å²) in [5, 5.41) is 3.02. The highest BCUT2D eigenvalue weighted by Crippen LogP contribution is 2.23. The van der Waals surface area contributed by atoms with Crippen LogP contribution in [0, 0.1) is 20.8 Å². The van der Waals surface area contributed by atoms with E-state index >= 15 is 0 Å². The Balaban J connectivity index is 1.57. The lowest BCUT2D eigenvalue weighted by Gasteiger charge is -2.33. The molecule has 0 saturated carbocycles. The van der Waals surface area contributed by atoms with Gasteiger partial charge in [0.25, 0.3) is 0 Å². The van der Waals surface area contributed by atoms with Gasteiger partial charge in [-0.15, -0.1) is 0 Å². The fraction of sp³-hybridized carbons (Fsp3) is 0.458. The zero-order chi connectivity index (χ0) is 22.8. The van der Waals surface area contributed by atoms with Crippen LogP contribution >= 0.6 is 0 Å². The van der Waals surface area contributed by atoms with Crippen LogP contribution in [0.4, 0.5) is 5.69 Å². The maximum Gasteiger partial charge on any atom is 0.243 e. The Hall–Kier alpha value is -2.22. The molecule has 0 spiro atoms. The second-order valence-corrected chi connectivity index (χ2v) is 10.7. The van der Waals surface area contributed by atoms with Crippen LogP contribution in [0.2, 0.25) is 0 Å². The van der Waals surface area contributed by atoms with Crippen LogP contribution in [0.5, 0.6) is 0 Å². The van der Waals surface area contributed by atoms with Gasteiger partial charge in [-0.05, 0) is 55.5 Å². The number of hydrogen-bond donors (Lipinski definition) is 1. The molecule has 1 aliphatic rings. The molecule has 1 fully saturated rings. The summed E-state index contributed by atoms with van der Waals surface area (Å²) in [4.78, 5) is 14.9. The smallest absolute Gasteiger partial charge is 0.243 e. The molecule has 0 aromatic heterocycles. The summed E-state index contributed by atoms with van der Waals surface area (Å²) in [6, 6.07) is 11.3. The molecule has 1 heterocycles. The number of piperazine rings is 1. The number of rotatable bonds is 6. The van der Waals surface area contributed by atoms with Crippen molar-refractivity contribution in [2.24, 2.45) is 0 Å². The normalized spacial score (nSPS) is 15.9. The van der Waals surface area contributed by atoms with Crippen molar-refractivity contribution in [3.05, 3.63) is 58.7 Å². The van der Waals surface area contributed by atoms with Crippen molar-refractivity contribution in [3.8, 4) is 0 Å². The molecule has 2 aromatic carbocycles. The van der Waals surface area contributed by atoms with E-state index in [-0.39, 0.29) is 12.5 Å². The van der Waals surface area contributed by atoms with E-state index in [1.807, 2.05) is 37.8 Å². The Morgan fingerprint density at radius 2 is 1.52 bits per heavy atom. The van der Waals surface area contributed by atoms with Gasteiger partial charge in [0.2, 0.25) is 15.9 Å². The van der Waals surface area contributed by atoms with Crippen molar-refractivity contribution in [2.75, 3.05) is 38.0 Å². The molecular formula is C24H33N3O3S. The van der Waals surface area contributed by atoms with Gasteiger partial charge in [0.15, 0.2) is 0 Å². The fourth-order valence-electron chi connectivity index (χ4n) is 4.06. The molecular weight excluding hydrogens is 410 g/mol. The molecule has 168 valence electrons. The molecule has 1 saturated heterocycles. The van der Waals surface area contributed by atoms with Crippen LogP contribution < -0.4 is 5.32 Å². The average molecular weight is 444 g/mol. The molecule has 3 rings (SSSR count). The van der Waals surface area contributed by atoms with E-state index in [1.54, 1.807) is 12.1 Å². The third-order valence-electron chi connectivity index (χ3n) is 5.82. The van der Waals surface area contributed by atoms with E-state index in [0.29, 0.717) is 37.0 Å². The van der Waals surface area contributed by atoms with Crippen molar-refractivity contribution < 1.29 is 13.2 Å². The van der Waals surface area contributed by atoms with Crippen molar-refractivity contribution in [2.45, 2.75) is 45.4 Å². The van der Waals surface area contributed by atoms with Crippen LogP contribution in [0.1, 0.15) is 42.0 Å². The van der Waals surface area contributed by atoms with Crippen molar-refractivity contribution >= 4 is 21.6 Å². The van der Waals surface area contributed by atoms with E-state index < -0.39 is 10.0 Å². The van der Waals surface area contributed by atoms with Crippen LogP contribution in [-0.2, 0) is 14.8 Å². The summed E-state index contributed by atoms with van der Waals surface area (Å²) in [6.45, 7) is 12.3. The minimum Gasteiger partial charge on any atom is -0.324 e. The molecule has 7 heteroatoms. The molecule has 1 aliphatic heterocycles. The first-order chi connectivity index (χ1) is 14.6. The van der Waals surface area contributed by atoms with Gasteiger partial charge in [-0.1, -0.05) is 43.7 Å². The summed E-state index contributed by atoms with van der Waals surface area (Å²) in [7, 11) is -3.51.